The largest absolute Gasteiger partial charge is 0.383 e. The number of piperazine rings is 1. The second-order valence-electron chi connectivity index (χ2n) is 4.79. The first-order chi connectivity index (χ1) is 10.1. The van der Waals surface area contributed by atoms with E-state index in [1.807, 2.05) is 12.1 Å². The highest BCUT2D eigenvalue weighted by atomic mass is 35.5. The molecule has 0 atom stereocenters. The fourth-order valence-electron chi connectivity index (χ4n) is 2.26. The molecule has 21 heavy (non-hydrogen) atoms. The fourth-order valence-corrected chi connectivity index (χ4v) is 2.79. The second kappa shape index (κ2) is 7.73. The third-order valence-corrected chi connectivity index (χ3v) is 3.94. The number of carbonyl (C=O) groups is 1. The van der Waals surface area contributed by atoms with Gasteiger partial charge in [0, 0.05) is 44.9 Å². The first-order valence-electron chi connectivity index (χ1n) is 6.83. The third kappa shape index (κ3) is 4.40. The number of benzene rings is 1. The summed E-state index contributed by atoms with van der Waals surface area (Å²) in [6.07, 6.45) is 0. The van der Waals surface area contributed by atoms with Gasteiger partial charge in [0.25, 0.3) is 0 Å². The van der Waals surface area contributed by atoms with Gasteiger partial charge in [0.2, 0.25) is 0 Å². The minimum Gasteiger partial charge on any atom is -0.383 e. The molecule has 2 rings (SSSR count). The zero-order valence-electron chi connectivity index (χ0n) is 11.9. The number of halogens is 2. The van der Waals surface area contributed by atoms with Gasteiger partial charge in [-0.05, 0) is 18.2 Å². The van der Waals surface area contributed by atoms with Crippen LogP contribution in [0, 0.1) is 0 Å². The van der Waals surface area contributed by atoms with Gasteiger partial charge < -0.3 is 19.9 Å². The molecule has 0 unspecified atom stereocenters. The number of hydrogen-bond donors (Lipinski definition) is 1. The predicted octanol–water partition coefficient (Wildman–Crippen LogP) is 2.47. The van der Waals surface area contributed by atoms with Crippen molar-refractivity contribution in [2.45, 2.75) is 0 Å². The minimum absolute atomic E-state index is 0.0473. The maximum absolute atomic E-state index is 11.9. The van der Waals surface area contributed by atoms with Crippen LogP contribution in [0.5, 0.6) is 0 Å². The van der Waals surface area contributed by atoms with E-state index < -0.39 is 0 Å². The zero-order chi connectivity index (χ0) is 15.2. The molecular formula is C14H19Cl2N3O2. The molecule has 1 aromatic carbocycles. The summed E-state index contributed by atoms with van der Waals surface area (Å²) in [5.41, 5.74) is 0.959. The number of nitrogens with one attached hydrogen (secondary N) is 1. The van der Waals surface area contributed by atoms with Gasteiger partial charge in [-0.1, -0.05) is 23.2 Å². The molecule has 1 saturated heterocycles. The number of carbonyl (C=O) groups excluding carboxylic acids is 1. The standard InChI is InChI=1S/C14H19Cl2N3O2/c1-21-9-4-17-14(20)19-7-5-18(6-8-19)13-3-2-11(15)10-12(13)16/h2-3,10H,4-9H2,1H3,(H,17,20). The molecule has 7 heteroatoms. The SMILES string of the molecule is COCCNC(=O)N1CCN(c2ccc(Cl)cc2Cl)CC1. The second-order valence-corrected chi connectivity index (χ2v) is 5.64. The van der Waals surface area contributed by atoms with Gasteiger partial charge >= 0.3 is 6.03 Å². The van der Waals surface area contributed by atoms with Crippen LogP contribution in [0.2, 0.25) is 10.0 Å². The third-order valence-electron chi connectivity index (χ3n) is 3.40. The molecule has 2 amide bonds. The van der Waals surface area contributed by atoms with Crippen LogP contribution in [0.1, 0.15) is 0 Å². The molecule has 0 aromatic heterocycles. The highest BCUT2D eigenvalue weighted by Crippen LogP contribution is 2.29. The minimum atomic E-state index is -0.0473. The summed E-state index contributed by atoms with van der Waals surface area (Å²) in [5.74, 6) is 0. The summed E-state index contributed by atoms with van der Waals surface area (Å²) in [5, 5.41) is 4.09. The summed E-state index contributed by atoms with van der Waals surface area (Å²) >= 11 is 12.1. The highest BCUT2D eigenvalue weighted by molar-refractivity contribution is 6.36. The fraction of sp³-hybridized carbons (Fsp3) is 0.500. The maximum Gasteiger partial charge on any atom is 0.317 e. The van der Waals surface area contributed by atoms with Crippen LogP contribution in [0.25, 0.3) is 0 Å². The lowest BCUT2D eigenvalue weighted by molar-refractivity contribution is 0.177. The Bertz CT molecular complexity index is 491. The smallest absolute Gasteiger partial charge is 0.317 e. The molecule has 0 aliphatic carbocycles. The Kier molecular flexibility index (Phi) is 5.96. The Morgan fingerprint density at radius 1 is 1.29 bits per heavy atom. The van der Waals surface area contributed by atoms with E-state index in [-0.39, 0.29) is 6.03 Å². The van der Waals surface area contributed by atoms with Crippen molar-refractivity contribution in [3.63, 3.8) is 0 Å². The van der Waals surface area contributed by atoms with Gasteiger partial charge in [-0.3, -0.25) is 0 Å². The molecule has 1 aliphatic heterocycles. The number of nitrogens with zero attached hydrogens (tertiary/aromatic N) is 2. The highest BCUT2D eigenvalue weighted by Gasteiger charge is 2.22. The van der Waals surface area contributed by atoms with Crippen molar-refractivity contribution in [3.05, 3.63) is 28.2 Å². The van der Waals surface area contributed by atoms with Crippen LogP contribution in [0.15, 0.2) is 18.2 Å². The summed E-state index contributed by atoms with van der Waals surface area (Å²) in [4.78, 5) is 15.9. The molecule has 1 aromatic rings. The van der Waals surface area contributed by atoms with Gasteiger partial charge in [0.15, 0.2) is 0 Å². The first-order valence-corrected chi connectivity index (χ1v) is 7.59. The zero-order valence-corrected chi connectivity index (χ0v) is 13.5. The molecule has 1 N–H and O–H groups in total. The van der Waals surface area contributed by atoms with E-state index in [0.717, 1.165) is 18.8 Å². The van der Waals surface area contributed by atoms with Gasteiger partial charge in [-0.2, -0.15) is 0 Å². The Labute approximate surface area is 134 Å². The van der Waals surface area contributed by atoms with E-state index >= 15 is 0 Å². The number of methoxy groups -OCH3 is 1. The van der Waals surface area contributed by atoms with Crippen molar-refractivity contribution < 1.29 is 9.53 Å². The number of anilines is 1. The monoisotopic (exact) mass is 331 g/mol. The number of amides is 2. The molecule has 1 fully saturated rings. The first kappa shape index (κ1) is 16.2. The lowest BCUT2D eigenvalue weighted by Gasteiger charge is -2.36. The Balaban J connectivity index is 1.86. The van der Waals surface area contributed by atoms with Gasteiger partial charge in [-0.25, -0.2) is 4.79 Å². The van der Waals surface area contributed by atoms with E-state index in [1.54, 1.807) is 18.1 Å². The normalized spacial score (nSPS) is 15.2. The Hall–Kier alpha value is -1.17. The number of hydrogen-bond acceptors (Lipinski definition) is 3. The topological polar surface area (TPSA) is 44.8 Å². The molecule has 116 valence electrons. The van der Waals surface area contributed by atoms with Crippen molar-refractivity contribution in [1.82, 2.24) is 10.2 Å². The van der Waals surface area contributed by atoms with Crippen LogP contribution in [-0.2, 0) is 4.74 Å². The molecule has 0 radical (unpaired) electrons. The van der Waals surface area contributed by atoms with E-state index in [4.69, 9.17) is 27.9 Å². The number of ether oxygens (including phenoxy) is 1. The predicted molar refractivity (Wildman–Crippen MR) is 85.5 cm³/mol. The van der Waals surface area contributed by atoms with Crippen LogP contribution in [0.3, 0.4) is 0 Å². The Morgan fingerprint density at radius 2 is 2.00 bits per heavy atom. The van der Waals surface area contributed by atoms with Gasteiger partial charge in [0.05, 0.1) is 17.3 Å². The number of urea groups is 1. The van der Waals surface area contributed by atoms with E-state index in [0.29, 0.717) is 36.3 Å². The van der Waals surface area contributed by atoms with Crippen LogP contribution < -0.4 is 10.2 Å². The van der Waals surface area contributed by atoms with Crippen molar-refractivity contribution in [1.29, 1.82) is 0 Å². The summed E-state index contributed by atoms with van der Waals surface area (Å²) in [6, 6.07) is 5.43. The van der Waals surface area contributed by atoms with Crippen molar-refractivity contribution >= 4 is 34.9 Å². The van der Waals surface area contributed by atoms with E-state index in [2.05, 4.69) is 10.2 Å². The quantitative estimate of drug-likeness (QED) is 0.862. The molecule has 0 saturated carbocycles. The molecular weight excluding hydrogens is 313 g/mol. The molecule has 1 heterocycles. The number of rotatable bonds is 4. The Morgan fingerprint density at radius 3 is 2.62 bits per heavy atom. The molecule has 0 spiro atoms. The summed E-state index contributed by atoms with van der Waals surface area (Å²) in [7, 11) is 1.61. The van der Waals surface area contributed by atoms with Crippen LogP contribution in [-0.4, -0.2) is 57.4 Å². The van der Waals surface area contributed by atoms with Gasteiger partial charge in [0.1, 0.15) is 0 Å². The van der Waals surface area contributed by atoms with E-state index in [9.17, 15) is 4.79 Å². The van der Waals surface area contributed by atoms with Crippen molar-refractivity contribution in [2.75, 3.05) is 51.3 Å². The average Bonchev–Trinajstić information content (AvgIpc) is 2.48. The van der Waals surface area contributed by atoms with E-state index in [1.165, 1.54) is 0 Å². The van der Waals surface area contributed by atoms with Crippen molar-refractivity contribution in [3.8, 4) is 0 Å². The lowest BCUT2D eigenvalue weighted by Crippen LogP contribution is -2.52. The average molecular weight is 332 g/mol. The molecule has 1 aliphatic rings. The lowest BCUT2D eigenvalue weighted by atomic mass is 10.2. The van der Waals surface area contributed by atoms with Crippen molar-refractivity contribution in [2.24, 2.45) is 0 Å². The van der Waals surface area contributed by atoms with Gasteiger partial charge in [-0.15, -0.1) is 0 Å². The maximum atomic E-state index is 11.9. The van der Waals surface area contributed by atoms with Crippen LogP contribution in [0.4, 0.5) is 10.5 Å². The summed E-state index contributed by atoms with van der Waals surface area (Å²) < 4.78 is 4.91. The molecule has 0 bridgehead atoms. The van der Waals surface area contributed by atoms with Crippen LogP contribution >= 0.6 is 23.2 Å². The molecule has 5 nitrogen and oxygen atoms in total. The summed E-state index contributed by atoms with van der Waals surface area (Å²) in [6.45, 7) is 3.87.